The van der Waals surface area contributed by atoms with Crippen LogP contribution in [0, 0.1) is 10.1 Å². The number of aliphatic imine (C=N–C) groups is 1. The van der Waals surface area contributed by atoms with Crippen LogP contribution in [0.5, 0.6) is 0 Å². The highest BCUT2D eigenvalue weighted by atomic mass is 79.9. The monoisotopic (exact) mass is 523 g/mol. The van der Waals surface area contributed by atoms with Crippen LogP contribution in [0.2, 0.25) is 0 Å². The van der Waals surface area contributed by atoms with Gasteiger partial charge in [0.05, 0.1) is 29.0 Å². The lowest BCUT2D eigenvalue weighted by Crippen LogP contribution is -2.16. The summed E-state index contributed by atoms with van der Waals surface area (Å²) in [6, 6.07) is 7.57. The summed E-state index contributed by atoms with van der Waals surface area (Å²) in [4.78, 5) is 26.9. The predicted octanol–water partition coefficient (Wildman–Crippen LogP) is 4.02. The average Bonchev–Trinajstić information content (AvgIpc) is 3.07. The first-order chi connectivity index (χ1) is 15.6. The minimum absolute atomic E-state index is 0.0370. The molecule has 0 N–H and O–H groups in total. The summed E-state index contributed by atoms with van der Waals surface area (Å²) in [5.74, 6) is -0.177. The summed E-state index contributed by atoms with van der Waals surface area (Å²) in [6.07, 6.45) is -4.95. The molecule has 33 heavy (non-hydrogen) atoms. The predicted molar refractivity (Wildman–Crippen MR) is 112 cm³/mol. The molecule has 0 aliphatic carbocycles. The number of non-ortho nitro benzene ring substituents is 1. The van der Waals surface area contributed by atoms with Gasteiger partial charge in [0.25, 0.3) is 5.69 Å². The number of alkyl halides is 3. The lowest BCUT2D eigenvalue weighted by Gasteiger charge is -2.18. The number of nitro benzene ring substituents is 1. The fraction of sp³-hybridized carbons (Fsp3) is 0.200. The van der Waals surface area contributed by atoms with E-state index in [0.717, 1.165) is 6.07 Å². The fourth-order valence-electron chi connectivity index (χ4n) is 3.48. The SMILES string of the molecule is COC(=O)Cc1nnc2n1-c1ccc(C(F)(F)F)c(Br)c1C(c1cccc([N+](=O)[O-])c1)=NC2. The molecule has 1 aliphatic rings. The van der Waals surface area contributed by atoms with E-state index >= 15 is 0 Å². The Labute approximate surface area is 192 Å². The number of ether oxygens (including phenoxy) is 1. The number of benzene rings is 2. The molecule has 1 aliphatic heterocycles. The highest BCUT2D eigenvalue weighted by Crippen LogP contribution is 2.41. The van der Waals surface area contributed by atoms with Crippen molar-refractivity contribution in [1.29, 1.82) is 0 Å². The first-order valence-electron chi connectivity index (χ1n) is 9.31. The Kier molecular flexibility index (Phi) is 5.74. The van der Waals surface area contributed by atoms with Crippen LogP contribution in [0.1, 0.15) is 28.3 Å². The van der Waals surface area contributed by atoms with E-state index in [0.29, 0.717) is 0 Å². The Hall–Kier alpha value is -3.61. The Morgan fingerprint density at radius 3 is 2.70 bits per heavy atom. The van der Waals surface area contributed by atoms with Gasteiger partial charge in [0.2, 0.25) is 0 Å². The van der Waals surface area contributed by atoms with Crippen molar-refractivity contribution < 1.29 is 27.6 Å². The second-order valence-corrected chi connectivity index (χ2v) is 7.71. The molecule has 0 atom stereocenters. The minimum atomic E-state index is -4.68. The van der Waals surface area contributed by atoms with Crippen molar-refractivity contribution in [3.05, 3.63) is 79.3 Å². The normalized spacial score (nSPS) is 12.9. The van der Waals surface area contributed by atoms with Crippen molar-refractivity contribution in [2.75, 3.05) is 7.11 Å². The van der Waals surface area contributed by atoms with Crippen LogP contribution in [0.4, 0.5) is 18.9 Å². The summed E-state index contributed by atoms with van der Waals surface area (Å²) in [6.45, 7) is -0.0886. The van der Waals surface area contributed by atoms with Gasteiger partial charge in [-0.1, -0.05) is 12.1 Å². The third-order valence-corrected chi connectivity index (χ3v) is 5.76. The number of carbonyl (C=O) groups is 1. The number of hydrogen-bond acceptors (Lipinski definition) is 7. The smallest absolute Gasteiger partial charge is 0.417 e. The van der Waals surface area contributed by atoms with E-state index in [1.807, 2.05) is 0 Å². The van der Waals surface area contributed by atoms with Gasteiger partial charge >= 0.3 is 12.1 Å². The molecule has 0 bridgehead atoms. The maximum atomic E-state index is 13.7. The first kappa shape index (κ1) is 22.6. The van der Waals surface area contributed by atoms with Gasteiger partial charge in [0.15, 0.2) is 5.82 Å². The number of hydrogen-bond donors (Lipinski definition) is 0. The van der Waals surface area contributed by atoms with Crippen LogP contribution in [-0.4, -0.2) is 38.5 Å². The van der Waals surface area contributed by atoms with E-state index in [1.165, 1.54) is 42.0 Å². The summed E-state index contributed by atoms with van der Waals surface area (Å²) < 4.78 is 46.9. The molecule has 0 saturated carbocycles. The van der Waals surface area contributed by atoms with Gasteiger partial charge in [-0.15, -0.1) is 10.2 Å². The molecule has 4 rings (SSSR count). The van der Waals surface area contributed by atoms with Crippen molar-refractivity contribution in [3.63, 3.8) is 0 Å². The molecule has 9 nitrogen and oxygen atoms in total. The molecular weight excluding hydrogens is 511 g/mol. The van der Waals surface area contributed by atoms with Crippen LogP contribution in [0.15, 0.2) is 45.9 Å². The van der Waals surface area contributed by atoms with Crippen LogP contribution >= 0.6 is 15.9 Å². The number of aromatic nitrogens is 3. The summed E-state index contributed by atoms with van der Waals surface area (Å²) in [5.41, 5.74) is -0.577. The molecule has 1 aromatic heterocycles. The maximum Gasteiger partial charge on any atom is 0.417 e. The van der Waals surface area contributed by atoms with E-state index in [9.17, 15) is 28.1 Å². The number of rotatable bonds is 4. The van der Waals surface area contributed by atoms with Gasteiger partial charge in [-0.05, 0) is 28.1 Å². The molecule has 0 radical (unpaired) electrons. The van der Waals surface area contributed by atoms with Crippen LogP contribution in [0.25, 0.3) is 5.69 Å². The van der Waals surface area contributed by atoms with E-state index < -0.39 is 22.6 Å². The van der Waals surface area contributed by atoms with Crippen LogP contribution < -0.4 is 0 Å². The van der Waals surface area contributed by atoms with E-state index in [-0.39, 0.29) is 57.3 Å². The standard InChI is InChI=1S/C20H13BrF3N5O4/c1-33-16(30)8-14-26-27-15-9-25-19(10-3-2-4-11(7-10)29(31)32)17-13(28(14)15)6-5-12(18(17)21)20(22,23)24/h2-7H,8-9H2,1H3. The summed E-state index contributed by atoms with van der Waals surface area (Å²) >= 11 is 3.07. The topological polar surface area (TPSA) is 113 Å². The highest BCUT2D eigenvalue weighted by Gasteiger charge is 2.37. The number of nitro groups is 1. The molecule has 2 aromatic carbocycles. The maximum absolute atomic E-state index is 13.7. The zero-order chi connectivity index (χ0) is 23.9. The van der Waals surface area contributed by atoms with Gasteiger partial charge in [-0.25, -0.2) is 0 Å². The Bertz CT molecular complexity index is 1320. The Morgan fingerprint density at radius 2 is 2.03 bits per heavy atom. The molecule has 170 valence electrons. The summed E-state index contributed by atoms with van der Waals surface area (Å²) in [7, 11) is 1.20. The van der Waals surface area contributed by atoms with Crippen molar-refractivity contribution in [1.82, 2.24) is 14.8 Å². The molecule has 2 heterocycles. The Balaban J connectivity index is 2.01. The van der Waals surface area contributed by atoms with Gasteiger partial charge in [0.1, 0.15) is 18.8 Å². The number of halogens is 4. The molecule has 0 saturated heterocycles. The first-order valence-corrected chi connectivity index (χ1v) is 10.1. The largest absolute Gasteiger partial charge is 0.469 e. The van der Waals surface area contributed by atoms with Gasteiger partial charge in [-0.3, -0.25) is 24.5 Å². The van der Waals surface area contributed by atoms with Crippen molar-refractivity contribution in [2.45, 2.75) is 19.1 Å². The van der Waals surface area contributed by atoms with Crippen LogP contribution in [0.3, 0.4) is 0 Å². The molecule has 0 spiro atoms. The zero-order valence-corrected chi connectivity index (χ0v) is 18.3. The van der Waals surface area contributed by atoms with E-state index in [2.05, 4.69) is 35.9 Å². The van der Waals surface area contributed by atoms with Crippen molar-refractivity contribution in [3.8, 4) is 5.69 Å². The Morgan fingerprint density at radius 1 is 1.27 bits per heavy atom. The van der Waals surface area contributed by atoms with Crippen LogP contribution in [-0.2, 0) is 28.7 Å². The minimum Gasteiger partial charge on any atom is -0.469 e. The lowest BCUT2D eigenvalue weighted by molar-refractivity contribution is -0.384. The quantitative estimate of drug-likeness (QED) is 0.290. The third-order valence-electron chi connectivity index (χ3n) is 4.94. The van der Waals surface area contributed by atoms with Crippen molar-refractivity contribution >= 4 is 33.3 Å². The molecule has 0 unspecified atom stereocenters. The fourth-order valence-corrected chi connectivity index (χ4v) is 4.23. The highest BCUT2D eigenvalue weighted by molar-refractivity contribution is 9.10. The average molecular weight is 524 g/mol. The molecular formula is C20H13BrF3N5O4. The van der Waals surface area contributed by atoms with Gasteiger partial charge in [0, 0.05) is 27.7 Å². The second kappa shape index (κ2) is 8.39. The second-order valence-electron chi connectivity index (χ2n) is 6.91. The molecule has 3 aromatic rings. The van der Waals surface area contributed by atoms with Gasteiger partial charge < -0.3 is 4.74 Å². The van der Waals surface area contributed by atoms with Gasteiger partial charge in [-0.2, -0.15) is 13.2 Å². The van der Waals surface area contributed by atoms with E-state index in [1.54, 1.807) is 0 Å². The number of nitrogens with zero attached hydrogens (tertiary/aromatic N) is 5. The summed E-state index contributed by atoms with van der Waals surface area (Å²) in [5, 5.41) is 19.3. The zero-order valence-electron chi connectivity index (χ0n) is 16.8. The number of esters is 1. The number of fused-ring (bicyclic) bond motifs is 3. The molecule has 13 heteroatoms. The lowest BCUT2D eigenvalue weighted by atomic mass is 9.97. The molecule has 0 fully saturated rings. The number of methoxy groups -OCH3 is 1. The third kappa shape index (κ3) is 4.11. The van der Waals surface area contributed by atoms with E-state index in [4.69, 9.17) is 0 Å². The van der Waals surface area contributed by atoms with Crippen molar-refractivity contribution in [2.24, 2.45) is 4.99 Å². The molecule has 0 amide bonds. The number of carbonyl (C=O) groups excluding carboxylic acids is 1.